The number of hydrogen-bond donors (Lipinski definition) is 1. The van der Waals surface area contributed by atoms with Crippen molar-refractivity contribution in [3.63, 3.8) is 0 Å². The van der Waals surface area contributed by atoms with Crippen molar-refractivity contribution in [3.05, 3.63) is 81.7 Å². The number of ether oxygens (including phenoxy) is 3. The second kappa shape index (κ2) is 11.0. The summed E-state index contributed by atoms with van der Waals surface area (Å²) in [7, 11) is 2.78. The van der Waals surface area contributed by atoms with Gasteiger partial charge in [-0.3, -0.25) is 4.79 Å². The number of hydrogen-bond acceptors (Lipinski definition) is 7. The van der Waals surface area contributed by atoms with Crippen LogP contribution in [0.5, 0.6) is 11.5 Å². The van der Waals surface area contributed by atoms with Crippen molar-refractivity contribution < 1.29 is 23.8 Å². The van der Waals surface area contributed by atoms with Crippen molar-refractivity contribution >= 4 is 34.3 Å². The molecule has 0 aliphatic heterocycles. The van der Waals surface area contributed by atoms with Gasteiger partial charge in [0.1, 0.15) is 23.3 Å². The monoisotopic (exact) mass is 462 g/mol. The van der Waals surface area contributed by atoms with Crippen LogP contribution in [0.1, 0.15) is 27.0 Å². The van der Waals surface area contributed by atoms with Crippen LogP contribution in [0, 0.1) is 18.3 Å². The number of carbonyl (C=O) groups excluding carboxylic acids is 2. The van der Waals surface area contributed by atoms with Crippen molar-refractivity contribution in [3.8, 4) is 17.6 Å². The molecule has 3 aromatic rings. The Morgan fingerprint density at radius 2 is 1.91 bits per heavy atom. The fraction of sp³-hybridized carbons (Fsp3) is 0.160. The standard InChI is InChI=1S/C25H22N2O5S/c1-16-7-4-5-8-18(16)15-32-22-17(9-6-10-21(22)30-2)13-19(14-26)23(28)27-24-20(11-12-33-24)25(29)31-3/h4-13H,15H2,1-3H3,(H,27,28)/b19-13+. The van der Waals surface area contributed by atoms with Crippen molar-refractivity contribution in [1.82, 2.24) is 0 Å². The fourth-order valence-electron chi connectivity index (χ4n) is 3.03. The average molecular weight is 463 g/mol. The Morgan fingerprint density at radius 1 is 1.12 bits per heavy atom. The number of para-hydroxylation sites is 1. The van der Waals surface area contributed by atoms with Crippen molar-refractivity contribution in [2.45, 2.75) is 13.5 Å². The largest absolute Gasteiger partial charge is 0.493 e. The lowest BCUT2D eigenvalue weighted by molar-refractivity contribution is -0.112. The number of nitrogens with zero attached hydrogens (tertiary/aromatic N) is 1. The third kappa shape index (κ3) is 5.59. The normalized spacial score (nSPS) is 10.8. The molecule has 0 aliphatic carbocycles. The molecule has 33 heavy (non-hydrogen) atoms. The second-order valence-corrected chi connectivity index (χ2v) is 7.79. The van der Waals surface area contributed by atoms with E-state index in [4.69, 9.17) is 14.2 Å². The number of methoxy groups -OCH3 is 2. The summed E-state index contributed by atoms with van der Waals surface area (Å²) in [6.45, 7) is 2.28. The van der Waals surface area contributed by atoms with Gasteiger partial charge in [0.05, 0.1) is 19.8 Å². The number of rotatable bonds is 8. The maximum Gasteiger partial charge on any atom is 0.340 e. The predicted octanol–water partition coefficient (Wildman–Crippen LogP) is 4.98. The SMILES string of the molecule is COC(=O)c1ccsc1NC(=O)/C(C#N)=C/c1cccc(OC)c1OCc1ccccc1C. The lowest BCUT2D eigenvalue weighted by Crippen LogP contribution is -2.15. The maximum atomic E-state index is 12.8. The number of benzene rings is 2. The summed E-state index contributed by atoms with van der Waals surface area (Å²) >= 11 is 1.16. The molecular weight excluding hydrogens is 440 g/mol. The molecule has 0 aliphatic rings. The minimum absolute atomic E-state index is 0.159. The molecule has 168 valence electrons. The van der Waals surface area contributed by atoms with Crippen molar-refractivity contribution in [2.75, 3.05) is 19.5 Å². The summed E-state index contributed by atoms with van der Waals surface area (Å²) in [6.07, 6.45) is 1.43. The van der Waals surface area contributed by atoms with Gasteiger partial charge in [-0.25, -0.2) is 4.79 Å². The topological polar surface area (TPSA) is 97.7 Å². The molecule has 0 unspecified atom stereocenters. The van der Waals surface area contributed by atoms with Gasteiger partial charge in [0.15, 0.2) is 11.5 Å². The Kier molecular flexibility index (Phi) is 7.84. The van der Waals surface area contributed by atoms with E-state index < -0.39 is 11.9 Å². The van der Waals surface area contributed by atoms with Gasteiger partial charge in [0.25, 0.3) is 5.91 Å². The lowest BCUT2D eigenvalue weighted by Gasteiger charge is -2.15. The molecular formula is C25H22N2O5S. The first-order chi connectivity index (χ1) is 16.0. The molecule has 8 heteroatoms. The molecule has 1 N–H and O–H groups in total. The van der Waals surface area contributed by atoms with E-state index in [1.807, 2.05) is 37.3 Å². The van der Waals surface area contributed by atoms with E-state index in [1.165, 1.54) is 20.3 Å². The molecule has 0 spiro atoms. The molecule has 0 radical (unpaired) electrons. The molecule has 1 heterocycles. The Bertz CT molecular complexity index is 1240. The van der Waals surface area contributed by atoms with Crippen LogP contribution >= 0.6 is 11.3 Å². The first-order valence-electron chi connectivity index (χ1n) is 9.91. The minimum atomic E-state index is -0.655. The first kappa shape index (κ1) is 23.6. The van der Waals surface area contributed by atoms with Gasteiger partial charge in [-0.05, 0) is 41.6 Å². The molecule has 0 atom stereocenters. The number of nitrogens with one attached hydrogen (secondary N) is 1. The second-order valence-electron chi connectivity index (χ2n) is 6.87. The fourth-order valence-corrected chi connectivity index (χ4v) is 3.81. The van der Waals surface area contributed by atoms with Crippen LogP contribution in [-0.4, -0.2) is 26.1 Å². The Morgan fingerprint density at radius 3 is 2.61 bits per heavy atom. The summed E-state index contributed by atoms with van der Waals surface area (Å²) in [5.74, 6) is -0.344. The van der Waals surface area contributed by atoms with Crippen LogP contribution in [0.3, 0.4) is 0 Å². The van der Waals surface area contributed by atoms with E-state index >= 15 is 0 Å². The van der Waals surface area contributed by atoms with Crippen LogP contribution in [0.2, 0.25) is 0 Å². The molecule has 7 nitrogen and oxygen atoms in total. The zero-order chi connectivity index (χ0) is 23.8. The van der Waals surface area contributed by atoms with E-state index in [1.54, 1.807) is 29.6 Å². The smallest absolute Gasteiger partial charge is 0.340 e. The first-order valence-corrected chi connectivity index (χ1v) is 10.8. The molecule has 0 saturated carbocycles. The van der Waals surface area contributed by atoms with Gasteiger partial charge in [0, 0.05) is 5.56 Å². The van der Waals surface area contributed by atoms with Crippen LogP contribution < -0.4 is 14.8 Å². The molecule has 2 aromatic carbocycles. The molecule has 1 aromatic heterocycles. The number of amides is 1. The Labute approximate surface area is 195 Å². The highest BCUT2D eigenvalue weighted by molar-refractivity contribution is 7.14. The maximum absolute atomic E-state index is 12.8. The molecule has 0 bridgehead atoms. The van der Waals surface area contributed by atoms with Crippen LogP contribution in [0.25, 0.3) is 6.08 Å². The molecule has 1 amide bonds. The molecule has 3 rings (SSSR count). The molecule has 0 saturated heterocycles. The summed E-state index contributed by atoms with van der Waals surface area (Å²) in [5, 5.41) is 14.2. The zero-order valence-electron chi connectivity index (χ0n) is 18.4. The van der Waals surface area contributed by atoms with Gasteiger partial charge in [-0.2, -0.15) is 5.26 Å². The van der Waals surface area contributed by atoms with Crippen molar-refractivity contribution in [2.24, 2.45) is 0 Å². The highest BCUT2D eigenvalue weighted by atomic mass is 32.1. The van der Waals surface area contributed by atoms with Crippen LogP contribution in [0.4, 0.5) is 5.00 Å². The summed E-state index contributed by atoms with van der Waals surface area (Å²) in [6, 6.07) is 16.5. The van der Waals surface area contributed by atoms with Gasteiger partial charge < -0.3 is 19.5 Å². The van der Waals surface area contributed by atoms with E-state index in [2.05, 4.69) is 5.32 Å². The van der Waals surface area contributed by atoms with Gasteiger partial charge in [0.2, 0.25) is 0 Å². The highest BCUT2D eigenvalue weighted by Crippen LogP contribution is 2.34. The number of thiophene rings is 1. The third-order valence-corrected chi connectivity index (χ3v) is 5.65. The van der Waals surface area contributed by atoms with Gasteiger partial charge >= 0.3 is 5.97 Å². The van der Waals surface area contributed by atoms with E-state index in [-0.39, 0.29) is 11.1 Å². The highest BCUT2D eigenvalue weighted by Gasteiger charge is 2.19. The quantitative estimate of drug-likeness (QED) is 0.288. The number of anilines is 1. The van der Waals surface area contributed by atoms with Crippen LogP contribution in [-0.2, 0) is 16.1 Å². The number of carbonyl (C=O) groups is 2. The van der Waals surface area contributed by atoms with E-state index in [0.717, 1.165) is 22.5 Å². The van der Waals surface area contributed by atoms with Crippen molar-refractivity contribution in [1.29, 1.82) is 5.26 Å². The predicted molar refractivity (Wildman–Crippen MR) is 126 cm³/mol. The van der Waals surface area contributed by atoms with E-state index in [0.29, 0.717) is 28.7 Å². The van der Waals surface area contributed by atoms with Gasteiger partial charge in [-0.15, -0.1) is 11.3 Å². The lowest BCUT2D eigenvalue weighted by atomic mass is 10.1. The Hall–Kier alpha value is -4.09. The zero-order valence-corrected chi connectivity index (χ0v) is 19.2. The third-order valence-electron chi connectivity index (χ3n) is 4.83. The summed E-state index contributed by atoms with van der Waals surface area (Å²) in [4.78, 5) is 24.6. The Balaban J connectivity index is 1.89. The van der Waals surface area contributed by atoms with E-state index in [9.17, 15) is 14.9 Å². The summed E-state index contributed by atoms with van der Waals surface area (Å²) < 4.78 is 16.2. The van der Waals surface area contributed by atoms with Crippen LogP contribution in [0.15, 0.2) is 59.5 Å². The summed E-state index contributed by atoms with van der Waals surface area (Å²) in [5.41, 5.74) is 2.66. The minimum Gasteiger partial charge on any atom is -0.493 e. The molecule has 0 fully saturated rings. The number of nitriles is 1. The number of aryl methyl sites for hydroxylation is 1. The number of esters is 1. The average Bonchev–Trinajstić information content (AvgIpc) is 3.29. The van der Waals surface area contributed by atoms with Gasteiger partial charge in [-0.1, -0.05) is 36.4 Å².